The fraction of sp³-hybridized carbons (Fsp3) is 1.00. The second-order valence-corrected chi connectivity index (χ2v) is 16.9. The lowest BCUT2D eigenvalue weighted by Gasteiger charge is -2.41. The van der Waals surface area contributed by atoms with E-state index in [4.69, 9.17) is 0 Å². The lowest BCUT2D eigenvalue weighted by Crippen LogP contribution is -2.59. The van der Waals surface area contributed by atoms with E-state index in [2.05, 4.69) is 89.5 Å². The van der Waals surface area contributed by atoms with Gasteiger partial charge < -0.3 is 13.7 Å². The molecule has 0 atom stereocenters. The number of nitrogens with zero attached hydrogens (tertiary/aromatic N) is 3. The van der Waals surface area contributed by atoms with Gasteiger partial charge in [0.15, 0.2) is 0 Å². The summed E-state index contributed by atoms with van der Waals surface area (Å²) in [5.74, 6) is 0. The van der Waals surface area contributed by atoms with Gasteiger partial charge in [0.1, 0.15) is 8.24 Å². The van der Waals surface area contributed by atoms with Crippen molar-refractivity contribution in [1.82, 2.24) is 13.7 Å². The molecule has 0 heterocycles. The van der Waals surface area contributed by atoms with E-state index in [-0.39, 0.29) is 0 Å². The first-order valence-corrected chi connectivity index (χ1v) is 12.7. The maximum Gasteiger partial charge on any atom is 0.205 e. The van der Waals surface area contributed by atoms with Crippen LogP contribution in [0.15, 0.2) is 0 Å². The summed E-state index contributed by atoms with van der Waals surface area (Å²) in [6.07, 6.45) is 0. The Bertz CT molecular complexity index is 197. The zero-order valence-electron chi connectivity index (χ0n) is 14.8. The molecule has 112 valence electrons. The van der Waals surface area contributed by atoms with Gasteiger partial charge in [0.25, 0.3) is 0 Å². The molecule has 0 fully saturated rings. The van der Waals surface area contributed by atoms with Crippen molar-refractivity contribution in [3.8, 4) is 0 Å². The number of hydrogen-bond donors (Lipinski definition) is 0. The first-order valence-electron chi connectivity index (χ1n) is 6.98. The Hall–Kier alpha value is 0.314. The SMILES string of the molecule is CC[Si](CC)(N(C)C)N(C)C.CN(C)[Si](C)(C)C. The summed E-state index contributed by atoms with van der Waals surface area (Å²) in [6.45, 7) is 11.6. The largest absolute Gasteiger partial charge is 0.329 e. The summed E-state index contributed by atoms with van der Waals surface area (Å²) in [5, 5.41) is 0. The van der Waals surface area contributed by atoms with E-state index in [9.17, 15) is 0 Å². The molecule has 0 aromatic heterocycles. The molecule has 0 aromatic carbocycles. The smallest absolute Gasteiger partial charge is 0.205 e. The molecule has 0 aliphatic heterocycles. The summed E-state index contributed by atoms with van der Waals surface area (Å²) in [7, 11) is 11.0. The average Bonchev–Trinajstić information content (AvgIpc) is 2.18. The van der Waals surface area contributed by atoms with Crippen molar-refractivity contribution in [1.29, 1.82) is 0 Å². The Morgan fingerprint density at radius 2 is 0.833 bits per heavy atom. The highest BCUT2D eigenvalue weighted by atomic mass is 28.3. The molecule has 0 spiro atoms. The molecule has 0 saturated heterocycles. The standard InChI is InChI=1S/C8H22N2Si.C5H15NSi/c1-7-11(8-2,9(3)4)10(5)6;1-6(2)7(3,4)5/h7-8H2,1-6H3;1-5H3. The van der Waals surface area contributed by atoms with Crippen LogP contribution in [-0.2, 0) is 0 Å². The molecule has 0 aromatic rings. The second-order valence-electron chi connectivity index (χ2n) is 6.54. The molecular formula is C13H37N3Si2. The van der Waals surface area contributed by atoms with Crippen LogP contribution in [-0.4, -0.2) is 72.6 Å². The van der Waals surface area contributed by atoms with Gasteiger partial charge >= 0.3 is 0 Å². The molecule has 0 aliphatic carbocycles. The highest BCUT2D eigenvalue weighted by Crippen LogP contribution is 2.19. The third-order valence-corrected chi connectivity index (χ3v) is 12.4. The van der Waals surface area contributed by atoms with E-state index in [0.29, 0.717) is 0 Å². The minimum atomic E-state index is -1.23. The van der Waals surface area contributed by atoms with E-state index >= 15 is 0 Å². The Labute approximate surface area is 118 Å². The molecule has 0 amide bonds. The van der Waals surface area contributed by atoms with Crippen LogP contribution in [0.25, 0.3) is 0 Å². The van der Waals surface area contributed by atoms with Gasteiger partial charge in [-0.3, -0.25) is 0 Å². The second kappa shape index (κ2) is 8.48. The van der Waals surface area contributed by atoms with E-state index in [1.54, 1.807) is 0 Å². The third-order valence-electron chi connectivity index (χ3n) is 4.14. The van der Waals surface area contributed by atoms with Crippen LogP contribution in [0.1, 0.15) is 13.8 Å². The van der Waals surface area contributed by atoms with Gasteiger partial charge in [-0.25, -0.2) is 0 Å². The van der Waals surface area contributed by atoms with Gasteiger partial charge in [0.2, 0.25) is 8.40 Å². The Morgan fingerprint density at radius 3 is 0.833 bits per heavy atom. The lowest BCUT2D eigenvalue weighted by molar-refractivity contribution is 0.476. The molecule has 0 saturated carbocycles. The first-order chi connectivity index (χ1) is 7.95. The minimum absolute atomic E-state index is 0.901. The van der Waals surface area contributed by atoms with Gasteiger partial charge in [-0.2, -0.15) is 0 Å². The molecule has 3 nitrogen and oxygen atoms in total. The zero-order chi connectivity index (χ0) is 15.1. The lowest BCUT2D eigenvalue weighted by atomic mass is 10.9. The Morgan fingerprint density at radius 1 is 0.611 bits per heavy atom. The van der Waals surface area contributed by atoms with Crippen LogP contribution >= 0.6 is 0 Å². The molecule has 0 rings (SSSR count). The predicted molar refractivity (Wildman–Crippen MR) is 91.1 cm³/mol. The Kier molecular flexibility index (Phi) is 9.72. The summed E-state index contributed by atoms with van der Waals surface area (Å²) < 4.78 is 7.20. The fourth-order valence-corrected chi connectivity index (χ4v) is 5.74. The van der Waals surface area contributed by atoms with E-state index in [1.807, 2.05) is 0 Å². The molecular weight excluding hydrogens is 254 g/mol. The van der Waals surface area contributed by atoms with Crippen molar-refractivity contribution >= 4 is 16.6 Å². The van der Waals surface area contributed by atoms with Crippen LogP contribution in [0.5, 0.6) is 0 Å². The van der Waals surface area contributed by atoms with Crippen LogP contribution < -0.4 is 0 Å². The molecule has 0 radical (unpaired) electrons. The highest BCUT2D eigenvalue weighted by molar-refractivity contribution is 6.74. The zero-order valence-corrected chi connectivity index (χ0v) is 16.8. The molecule has 0 unspecified atom stereocenters. The summed E-state index contributed by atoms with van der Waals surface area (Å²) in [5.41, 5.74) is 0. The van der Waals surface area contributed by atoms with Crippen LogP contribution in [0.2, 0.25) is 31.7 Å². The van der Waals surface area contributed by atoms with E-state index in [1.165, 1.54) is 12.1 Å². The summed E-state index contributed by atoms with van der Waals surface area (Å²) >= 11 is 0. The van der Waals surface area contributed by atoms with Crippen molar-refractivity contribution in [2.75, 3.05) is 42.3 Å². The van der Waals surface area contributed by atoms with Crippen molar-refractivity contribution in [3.63, 3.8) is 0 Å². The third kappa shape index (κ3) is 6.47. The van der Waals surface area contributed by atoms with Gasteiger partial charge in [0, 0.05) is 0 Å². The van der Waals surface area contributed by atoms with E-state index < -0.39 is 16.6 Å². The van der Waals surface area contributed by atoms with Gasteiger partial charge in [0.05, 0.1) is 0 Å². The summed E-state index contributed by atoms with van der Waals surface area (Å²) in [6, 6.07) is 2.62. The average molecular weight is 292 g/mol. The quantitative estimate of drug-likeness (QED) is 0.721. The van der Waals surface area contributed by atoms with Crippen molar-refractivity contribution < 1.29 is 0 Å². The van der Waals surface area contributed by atoms with Crippen molar-refractivity contribution in [3.05, 3.63) is 0 Å². The minimum Gasteiger partial charge on any atom is -0.329 e. The van der Waals surface area contributed by atoms with Gasteiger partial charge in [-0.1, -0.05) is 33.5 Å². The number of hydrogen-bond acceptors (Lipinski definition) is 3. The molecule has 0 aliphatic rings. The maximum atomic E-state index is 2.44. The molecule has 18 heavy (non-hydrogen) atoms. The molecule has 0 bridgehead atoms. The fourth-order valence-electron chi connectivity index (χ4n) is 1.91. The first kappa shape index (κ1) is 20.6. The normalized spacial score (nSPS) is 13.0. The van der Waals surface area contributed by atoms with Crippen LogP contribution in [0, 0.1) is 0 Å². The topological polar surface area (TPSA) is 9.72 Å². The van der Waals surface area contributed by atoms with Crippen molar-refractivity contribution in [2.45, 2.75) is 45.6 Å². The molecule has 0 N–H and O–H groups in total. The van der Waals surface area contributed by atoms with Crippen LogP contribution in [0.3, 0.4) is 0 Å². The summed E-state index contributed by atoms with van der Waals surface area (Å²) in [4.78, 5) is 0. The van der Waals surface area contributed by atoms with Gasteiger partial charge in [-0.15, -0.1) is 0 Å². The highest BCUT2D eigenvalue weighted by Gasteiger charge is 2.34. The van der Waals surface area contributed by atoms with Crippen LogP contribution in [0.4, 0.5) is 0 Å². The molecule has 5 heteroatoms. The maximum absolute atomic E-state index is 2.44. The van der Waals surface area contributed by atoms with E-state index in [0.717, 1.165) is 0 Å². The number of rotatable bonds is 5. The van der Waals surface area contributed by atoms with Crippen molar-refractivity contribution in [2.24, 2.45) is 0 Å². The Balaban J connectivity index is 0. The monoisotopic (exact) mass is 291 g/mol. The predicted octanol–water partition coefficient (Wildman–Crippen LogP) is 2.97. The van der Waals surface area contributed by atoms with Gasteiger partial charge in [-0.05, 0) is 54.4 Å².